The second-order valence-electron chi connectivity index (χ2n) is 6.22. The second-order valence-corrected chi connectivity index (χ2v) is 7.16. The van der Waals surface area contributed by atoms with Gasteiger partial charge in [0, 0.05) is 22.9 Å². The van der Waals surface area contributed by atoms with Crippen LogP contribution in [0.15, 0.2) is 29.7 Å². The highest BCUT2D eigenvalue weighted by Gasteiger charge is 2.18. The number of rotatable bonds is 5. The van der Waals surface area contributed by atoms with Gasteiger partial charge in [0.1, 0.15) is 16.6 Å². The van der Waals surface area contributed by atoms with Gasteiger partial charge >= 0.3 is 0 Å². The van der Waals surface area contributed by atoms with Crippen molar-refractivity contribution in [1.82, 2.24) is 10.3 Å². The van der Waals surface area contributed by atoms with Crippen molar-refractivity contribution in [2.24, 2.45) is 0 Å². The Balaban J connectivity index is 1.53. The number of hydrogen-bond donors (Lipinski definition) is 1. The minimum Gasteiger partial charge on any atom is -0.346 e. The van der Waals surface area contributed by atoms with Gasteiger partial charge in [-0.2, -0.15) is 0 Å². The average Bonchev–Trinajstić information content (AvgIpc) is 3.10. The predicted octanol–water partition coefficient (Wildman–Crippen LogP) is 4.80. The number of aromatic nitrogens is 1. The van der Waals surface area contributed by atoms with Gasteiger partial charge in [-0.1, -0.05) is 19.3 Å². The van der Waals surface area contributed by atoms with Crippen molar-refractivity contribution in [2.45, 2.75) is 44.6 Å². The van der Waals surface area contributed by atoms with Crippen molar-refractivity contribution in [1.29, 1.82) is 0 Å². The number of carbonyl (C=O) groups is 1. The smallest absolute Gasteiger partial charge is 0.244 e. The van der Waals surface area contributed by atoms with Gasteiger partial charge in [0.2, 0.25) is 5.91 Å². The lowest BCUT2D eigenvalue weighted by Gasteiger charge is -2.19. The SMILES string of the molecule is O=C(/C=C/c1cc(F)ccc1F)NCc1nc(C2CCCCC2)cs1. The quantitative estimate of drug-likeness (QED) is 0.777. The molecular weight excluding hydrogens is 342 g/mol. The summed E-state index contributed by atoms with van der Waals surface area (Å²) in [4.78, 5) is 16.5. The van der Waals surface area contributed by atoms with Crippen LogP contribution in [0.2, 0.25) is 0 Å². The molecule has 1 saturated carbocycles. The minimum atomic E-state index is -0.567. The molecule has 25 heavy (non-hydrogen) atoms. The molecule has 1 aliphatic rings. The van der Waals surface area contributed by atoms with E-state index in [0.717, 1.165) is 28.9 Å². The third-order valence-electron chi connectivity index (χ3n) is 4.38. The maximum Gasteiger partial charge on any atom is 0.244 e. The van der Waals surface area contributed by atoms with Crippen LogP contribution < -0.4 is 5.32 Å². The van der Waals surface area contributed by atoms with E-state index in [0.29, 0.717) is 12.5 Å². The van der Waals surface area contributed by atoms with Crippen LogP contribution in [-0.2, 0) is 11.3 Å². The molecule has 0 saturated heterocycles. The molecule has 2 aromatic rings. The third kappa shape index (κ3) is 4.95. The Morgan fingerprint density at radius 1 is 1.28 bits per heavy atom. The predicted molar refractivity (Wildman–Crippen MR) is 95.2 cm³/mol. The van der Waals surface area contributed by atoms with Crippen molar-refractivity contribution < 1.29 is 13.6 Å². The molecule has 3 nitrogen and oxygen atoms in total. The molecule has 1 aliphatic carbocycles. The van der Waals surface area contributed by atoms with E-state index in [9.17, 15) is 13.6 Å². The number of thiazole rings is 1. The first-order valence-corrected chi connectivity index (χ1v) is 9.35. The third-order valence-corrected chi connectivity index (χ3v) is 5.25. The fraction of sp³-hybridized carbons (Fsp3) is 0.368. The molecule has 1 heterocycles. The normalized spacial score (nSPS) is 15.6. The summed E-state index contributed by atoms with van der Waals surface area (Å²) in [6.07, 6.45) is 8.68. The number of halogens is 2. The van der Waals surface area contributed by atoms with E-state index in [4.69, 9.17) is 0 Å². The summed E-state index contributed by atoms with van der Waals surface area (Å²) < 4.78 is 26.6. The Bertz CT molecular complexity index is 767. The van der Waals surface area contributed by atoms with Crippen LogP contribution in [0.4, 0.5) is 8.78 Å². The van der Waals surface area contributed by atoms with E-state index in [1.807, 2.05) is 0 Å². The minimum absolute atomic E-state index is 0.0454. The Morgan fingerprint density at radius 2 is 2.08 bits per heavy atom. The summed E-state index contributed by atoms with van der Waals surface area (Å²) in [7, 11) is 0. The number of amides is 1. The second kappa shape index (κ2) is 8.34. The van der Waals surface area contributed by atoms with Crippen molar-refractivity contribution in [3.05, 3.63) is 57.6 Å². The largest absolute Gasteiger partial charge is 0.346 e. The number of benzene rings is 1. The maximum absolute atomic E-state index is 13.5. The van der Waals surface area contributed by atoms with Crippen LogP contribution in [0.5, 0.6) is 0 Å². The van der Waals surface area contributed by atoms with E-state index < -0.39 is 11.6 Å². The standard InChI is InChI=1S/C19H20F2N2OS/c20-15-7-8-16(21)14(10-15)6-9-18(24)22-11-19-23-17(12-25-19)13-4-2-1-3-5-13/h6-10,12-13H,1-5,11H2,(H,22,24)/b9-6+. The number of carbonyl (C=O) groups excluding carboxylic acids is 1. The van der Waals surface area contributed by atoms with Gasteiger partial charge < -0.3 is 5.32 Å². The molecule has 0 radical (unpaired) electrons. The molecule has 1 aromatic carbocycles. The van der Waals surface area contributed by atoms with Crippen LogP contribution in [0, 0.1) is 11.6 Å². The summed E-state index contributed by atoms with van der Waals surface area (Å²) in [5.41, 5.74) is 1.18. The first kappa shape index (κ1) is 17.7. The van der Waals surface area contributed by atoms with E-state index in [1.54, 1.807) is 11.3 Å². The Labute approximate surface area is 149 Å². The van der Waals surface area contributed by atoms with E-state index in [2.05, 4.69) is 15.7 Å². The summed E-state index contributed by atoms with van der Waals surface area (Å²) in [5, 5.41) is 5.66. The molecule has 1 N–H and O–H groups in total. The summed E-state index contributed by atoms with van der Waals surface area (Å²) in [6.45, 7) is 0.339. The number of nitrogens with one attached hydrogen (secondary N) is 1. The van der Waals surface area contributed by atoms with Gasteiger partial charge in [-0.05, 0) is 37.1 Å². The van der Waals surface area contributed by atoms with E-state index in [-0.39, 0.29) is 11.5 Å². The van der Waals surface area contributed by atoms with Crippen molar-refractivity contribution in [2.75, 3.05) is 0 Å². The molecule has 1 aromatic heterocycles. The maximum atomic E-state index is 13.5. The lowest BCUT2D eigenvalue weighted by molar-refractivity contribution is -0.116. The van der Waals surface area contributed by atoms with Gasteiger partial charge in [-0.3, -0.25) is 4.79 Å². The van der Waals surface area contributed by atoms with Crippen LogP contribution in [0.3, 0.4) is 0 Å². The van der Waals surface area contributed by atoms with Gasteiger partial charge in [0.05, 0.1) is 12.2 Å². The molecule has 132 valence electrons. The van der Waals surface area contributed by atoms with Crippen LogP contribution in [0.25, 0.3) is 6.08 Å². The monoisotopic (exact) mass is 362 g/mol. The highest BCUT2D eigenvalue weighted by Crippen LogP contribution is 2.32. The van der Waals surface area contributed by atoms with Gasteiger partial charge in [-0.25, -0.2) is 13.8 Å². The van der Waals surface area contributed by atoms with Gasteiger partial charge in [-0.15, -0.1) is 11.3 Å². The molecular formula is C19H20F2N2OS. The van der Waals surface area contributed by atoms with E-state index >= 15 is 0 Å². The Hall–Kier alpha value is -2.08. The average molecular weight is 362 g/mol. The molecule has 1 amide bonds. The molecule has 1 fully saturated rings. The van der Waals surface area contributed by atoms with Crippen molar-refractivity contribution in [3.63, 3.8) is 0 Å². The topological polar surface area (TPSA) is 42.0 Å². The summed E-state index contributed by atoms with van der Waals surface area (Å²) in [5.74, 6) is -0.926. The Morgan fingerprint density at radius 3 is 2.88 bits per heavy atom. The highest BCUT2D eigenvalue weighted by molar-refractivity contribution is 7.09. The zero-order valence-corrected chi connectivity index (χ0v) is 14.6. The molecule has 0 bridgehead atoms. The molecule has 0 unspecified atom stereocenters. The number of hydrogen-bond acceptors (Lipinski definition) is 3. The summed E-state index contributed by atoms with van der Waals surface area (Å²) >= 11 is 1.54. The first-order valence-electron chi connectivity index (χ1n) is 8.47. The highest BCUT2D eigenvalue weighted by atomic mass is 32.1. The zero-order chi connectivity index (χ0) is 17.6. The fourth-order valence-electron chi connectivity index (χ4n) is 3.02. The molecule has 0 atom stereocenters. The number of nitrogens with zero attached hydrogens (tertiary/aromatic N) is 1. The Kier molecular flexibility index (Phi) is 5.91. The van der Waals surface area contributed by atoms with Crippen molar-refractivity contribution >= 4 is 23.3 Å². The van der Waals surface area contributed by atoms with E-state index in [1.165, 1.54) is 44.3 Å². The zero-order valence-electron chi connectivity index (χ0n) is 13.8. The van der Waals surface area contributed by atoms with Crippen molar-refractivity contribution in [3.8, 4) is 0 Å². The van der Waals surface area contributed by atoms with Crippen LogP contribution in [0.1, 0.15) is 54.3 Å². The van der Waals surface area contributed by atoms with Crippen LogP contribution in [-0.4, -0.2) is 10.9 Å². The molecule has 6 heteroatoms. The lowest BCUT2D eigenvalue weighted by atomic mass is 9.87. The van der Waals surface area contributed by atoms with Crippen LogP contribution >= 0.6 is 11.3 Å². The molecule has 0 spiro atoms. The first-order chi connectivity index (χ1) is 12.1. The fourth-order valence-corrected chi connectivity index (χ4v) is 3.84. The summed E-state index contributed by atoms with van der Waals surface area (Å²) in [6, 6.07) is 3.13. The van der Waals surface area contributed by atoms with Gasteiger partial charge in [0.15, 0.2) is 0 Å². The van der Waals surface area contributed by atoms with Gasteiger partial charge in [0.25, 0.3) is 0 Å². The molecule has 0 aliphatic heterocycles. The lowest BCUT2D eigenvalue weighted by Crippen LogP contribution is -2.20. The molecule has 3 rings (SSSR count).